The molecule has 2 aliphatic rings. The highest BCUT2D eigenvalue weighted by atomic mass is 32.2. The molecule has 36 heavy (non-hydrogen) atoms. The third-order valence-corrected chi connectivity index (χ3v) is 9.13. The van der Waals surface area contributed by atoms with Crippen molar-refractivity contribution in [2.45, 2.75) is 35.8 Å². The number of anilines is 1. The lowest BCUT2D eigenvalue weighted by Gasteiger charge is -2.38. The van der Waals surface area contributed by atoms with Crippen molar-refractivity contribution in [1.82, 2.24) is 24.7 Å². The molecule has 2 saturated heterocycles. The predicted molar refractivity (Wildman–Crippen MR) is 135 cm³/mol. The number of aromatic nitrogens is 4. The van der Waals surface area contributed by atoms with Crippen LogP contribution in [-0.2, 0) is 14.6 Å². The van der Waals surface area contributed by atoms with E-state index in [1.165, 1.54) is 4.52 Å². The van der Waals surface area contributed by atoms with Crippen LogP contribution in [0, 0.1) is 13.8 Å². The Labute approximate surface area is 208 Å². The van der Waals surface area contributed by atoms with Crippen LogP contribution >= 0.6 is 0 Å². The topological polar surface area (TPSA) is 113 Å². The van der Waals surface area contributed by atoms with Gasteiger partial charge in [-0.3, -0.25) is 4.79 Å². The van der Waals surface area contributed by atoms with Gasteiger partial charge in [0.05, 0.1) is 28.0 Å². The number of likely N-dealkylation sites (N-methyl/N-ethyl adjacent to an activating group) is 1. The normalized spacial score (nSPS) is 21.2. The van der Waals surface area contributed by atoms with E-state index in [9.17, 15) is 13.2 Å². The fourth-order valence-electron chi connectivity index (χ4n) is 5.52. The van der Waals surface area contributed by atoms with Gasteiger partial charge in [-0.05, 0) is 57.1 Å². The summed E-state index contributed by atoms with van der Waals surface area (Å²) in [6.07, 6.45) is 0.920. The number of benzene rings is 2. The van der Waals surface area contributed by atoms with Gasteiger partial charge in [-0.15, -0.1) is 5.10 Å². The first-order valence-electron chi connectivity index (χ1n) is 12.0. The number of fused-ring (bicyclic) bond motifs is 3. The zero-order chi connectivity index (χ0) is 25.2. The van der Waals surface area contributed by atoms with Crippen molar-refractivity contribution in [2.24, 2.45) is 0 Å². The molecule has 4 heterocycles. The standard InChI is InChI=1S/C25H28N6O4S/c1-16-4-7-21(17(2)12-16)36(33,34)24-22-26-23(32)19-6-5-18(13-20(19)31(22)28-27-24)30-9-8-25(15-30)14-29(3)10-11-35-25/h4-7,12-13,28H,8-11,14-15H2,1-3H3. The van der Waals surface area contributed by atoms with Crippen molar-refractivity contribution in [3.63, 3.8) is 0 Å². The fraction of sp³-hybridized carbons (Fsp3) is 0.400. The molecule has 0 bridgehead atoms. The van der Waals surface area contributed by atoms with Crippen LogP contribution in [0.3, 0.4) is 0 Å². The summed E-state index contributed by atoms with van der Waals surface area (Å²) >= 11 is 0. The molecule has 10 nitrogen and oxygen atoms in total. The van der Waals surface area contributed by atoms with Crippen molar-refractivity contribution in [3.05, 3.63) is 57.9 Å². The molecule has 2 aromatic heterocycles. The molecule has 188 valence electrons. The lowest BCUT2D eigenvalue weighted by atomic mass is 10.0. The Balaban J connectivity index is 1.44. The molecule has 1 spiro atoms. The average Bonchev–Trinajstić information content (AvgIpc) is 3.43. The fourth-order valence-corrected chi connectivity index (χ4v) is 7.00. The van der Waals surface area contributed by atoms with Crippen molar-refractivity contribution in [2.75, 3.05) is 44.7 Å². The summed E-state index contributed by atoms with van der Waals surface area (Å²) in [7, 11) is -1.89. The van der Waals surface area contributed by atoms with E-state index in [1.807, 2.05) is 19.1 Å². The Morgan fingerprint density at radius 1 is 1.08 bits per heavy atom. The average molecular weight is 509 g/mol. The summed E-state index contributed by atoms with van der Waals surface area (Å²) in [4.78, 5) is 21.7. The lowest BCUT2D eigenvalue weighted by Crippen LogP contribution is -2.51. The molecule has 0 amide bonds. The van der Waals surface area contributed by atoms with E-state index in [0.29, 0.717) is 16.5 Å². The summed E-state index contributed by atoms with van der Waals surface area (Å²) in [5, 5.41) is 7.01. The van der Waals surface area contributed by atoms with Gasteiger partial charge in [-0.1, -0.05) is 17.7 Å². The van der Waals surface area contributed by atoms with E-state index in [0.717, 1.165) is 50.5 Å². The van der Waals surface area contributed by atoms with Crippen LogP contribution in [-0.4, -0.2) is 78.6 Å². The molecule has 2 aliphatic heterocycles. The molecule has 6 rings (SSSR count). The van der Waals surface area contributed by atoms with E-state index in [-0.39, 0.29) is 21.2 Å². The maximum absolute atomic E-state index is 13.5. The van der Waals surface area contributed by atoms with Crippen LogP contribution < -0.4 is 10.5 Å². The SMILES string of the molecule is Cc1ccc(S(=O)(=O)c2n[nH]n3c2nc(=O)c2ccc(N4CCC5(CN(C)CCO5)C4)cc23)c(C)c1. The zero-order valence-corrected chi connectivity index (χ0v) is 21.3. The molecule has 0 aliphatic carbocycles. The lowest BCUT2D eigenvalue weighted by molar-refractivity contribution is -0.0885. The van der Waals surface area contributed by atoms with Crippen LogP contribution in [0.5, 0.6) is 0 Å². The number of morpholine rings is 1. The second-order valence-corrected chi connectivity index (χ2v) is 11.8. The molecule has 2 fully saturated rings. The van der Waals surface area contributed by atoms with Gasteiger partial charge in [0.15, 0.2) is 5.65 Å². The number of ether oxygens (including phenoxy) is 1. The van der Waals surface area contributed by atoms with Crippen molar-refractivity contribution >= 4 is 32.1 Å². The molecule has 1 atom stereocenters. The van der Waals surface area contributed by atoms with Gasteiger partial charge in [0, 0.05) is 31.9 Å². The first-order valence-corrected chi connectivity index (χ1v) is 13.5. The smallest absolute Gasteiger partial charge is 0.281 e. The third-order valence-electron chi connectivity index (χ3n) is 7.31. The minimum Gasteiger partial charge on any atom is -0.370 e. The summed E-state index contributed by atoms with van der Waals surface area (Å²) < 4.78 is 34.7. The van der Waals surface area contributed by atoms with Gasteiger partial charge < -0.3 is 14.5 Å². The van der Waals surface area contributed by atoms with Gasteiger partial charge in [-0.2, -0.15) is 4.98 Å². The Morgan fingerprint density at radius 3 is 2.69 bits per heavy atom. The summed E-state index contributed by atoms with van der Waals surface area (Å²) in [6.45, 7) is 7.75. The maximum atomic E-state index is 13.5. The predicted octanol–water partition coefficient (Wildman–Crippen LogP) is 1.93. The first-order chi connectivity index (χ1) is 17.2. The number of aryl methyl sites for hydroxylation is 2. The van der Waals surface area contributed by atoms with Gasteiger partial charge in [0.1, 0.15) is 0 Å². The molecular formula is C25H28N6O4S. The number of hydrogen-bond acceptors (Lipinski definition) is 8. The highest BCUT2D eigenvalue weighted by Crippen LogP contribution is 2.33. The Kier molecular flexibility index (Phi) is 5.22. The maximum Gasteiger partial charge on any atom is 0.281 e. The monoisotopic (exact) mass is 508 g/mol. The number of sulfone groups is 1. The number of nitrogens with one attached hydrogen (secondary N) is 1. The summed E-state index contributed by atoms with van der Waals surface area (Å²) in [5.74, 6) is 0. The Bertz CT molecular complexity index is 1680. The Morgan fingerprint density at radius 2 is 1.92 bits per heavy atom. The van der Waals surface area contributed by atoms with Gasteiger partial charge >= 0.3 is 0 Å². The molecule has 2 aromatic carbocycles. The minimum atomic E-state index is -4.00. The van der Waals surface area contributed by atoms with Crippen LogP contribution in [0.25, 0.3) is 16.6 Å². The van der Waals surface area contributed by atoms with E-state index < -0.39 is 15.4 Å². The number of nitrogens with zero attached hydrogens (tertiary/aromatic N) is 5. The quantitative estimate of drug-likeness (QED) is 0.447. The third kappa shape index (κ3) is 3.61. The molecule has 11 heteroatoms. The van der Waals surface area contributed by atoms with Gasteiger partial charge in [-0.25, -0.2) is 18.1 Å². The highest BCUT2D eigenvalue weighted by molar-refractivity contribution is 7.91. The van der Waals surface area contributed by atoms with Crippen LogP contribution in [0.2, 0.25) is 0 Å². The summed E-state index contributed by atoms with van der Waals surface area (Å²) in [6, 6.07) is 10.7. The second kappa shape index (κ2) is 8.12. The largest absolute Gasteiger partial charge is 0.370 e. The number of rotatable bonds is 3. The van der Waals surface area contributed by atoms with E-state index in [1.54, 1.807) is 31.2 Å². The number of hydrogen-bond donors (Lipinski definition) is 1. The molecule has 0 radical (unpaired) electrons. The highest BCUT2D eigenvalue weighted by Gasteiger charge is 2.42. The first kappa shape index (κ1) is 23.1. The molecule has 4 aromatic rings. The van der Waals surface area contributed by atoms with Crippen LogP contribution in [0.15, 0.2) is 51.1 Å². The number of aromatic amines is 1. The second-order valence-electron chi connectivity index (χ2n) is 10.0. The molecule has 1 unspecified atom stereocenters. The molecular weight excluding hydrogens is 480 g/mol. The number of H-pyrrole nitrogens is 1. The molecule has 0 saturated carbocycles. The van der Waals surface area contributed by atoms with Crippen LogP contribution in [0.1, 0.15) is 17.5 Å². The Hall–Kier alpha value is -3.28. The van der Waals surface area contributed by atoms with E-state index >= 15 is 0 Å². The minimum absolute atomic E-state index is 0.0141. The van der Waals surface area contributed by atoms with Crippen LogP contribution in [0.4, 0.5) is 5.69 Å². The summed E-state index contributed by atoms with van der Waals surface area (Å²) in [5.41, 5.74) is 2.32. The van der Waals surface area contributed by atoms with E-state index in [2.05, 4.69) is 32.1 Å². The van der Waals surface area contributed by atoms with E-state index in [4.69, 9.17) is 4.74 Å². The van der Waals surface area contributed by atoms with Crippen molar-refractivity contribution in [3.8, 4) is 0 Å². The molecule has 1 N–H and O–H groups in total. The van der Waals surface area contributed by atoms with Gasteiger partial charge in [0.25, 0.3) is 5.56 Å². The van der Waals surface area contributed by atoms with Crippen molar-refractivity contribution < 1.29 is 13.2 Å². The van der Waals surface area contributed by atoms with Crippen molar-refractivity contribution in [1.29, 1.82) is 0 Å². The van der Waals surface area contributed by atoms with Gasteiger partial charge in [0.2, 0.25) is 14.9 Å². The zero-order valence-electron chi connectivity index (χ0n) is 20.5.